The van der Waals surface area contributed by atoms with Crippen LogP contribution in [0, 0.1) is 11.3 Å². The molecule has 1 fully saturated rings. The summed E-state index contributed by atoms with van der Waals surface area (Å²) in [5.41, 5.74) is 1.50. The molecule has 1 aliphatic heterocycles. The molecular weight excluding hydrogens is 222 g/mol. The molecule has 0 atom stereocenters. The highest BCUT2D eigenvalue weighted by molar-refractivity contribution is 6.30. The van der Waals surface area contributed by atoms with Gasteiger partial charge in [-0.05, 0) is 44.1 Å². The van der Waals surface area contributed by atoms with Crippen molar-refractivity contribution in [1.82, 2.24) is 5.32 Å². The molecule has 0 amide bonds. The van der Waals surface area contributed by atoms with Gasteiger partial charge in [0.15, 0.2) is 0 Å². The number of hydrogen-bond donors (Lipinski definition) is 2. The van der Waals surface area contributed by atoms with Crippen LogP contribution in [-0.2, 0) is 0 Å². The van der Waals surface area contributed by atoms with E-state index in [0.717, 1.165) is 31.6 Å². The Labute approximate surface area is 100 Å². The van der Waals surface area contributed by atoms with Crippen molar-refractivity contribution in [1.29, 1.82) is 5.26 Å². The van der Waals surface area contributed by atoms with Crippen molar-refractivity contribution in [2.45, 2.75) is 18.9 Å². The predicted octanol–water partition coefficient (Wildman–Crippen LogP) is 2.38. The molecule has 0 radical (unpaired) electrons. The Morgan fingerprint density at radius 3 is 2.81 bits per heavy atom. The van der Waals surface area contributed by atoms with Crippen LogP contribution in [0.5, 0.6) is 0 Å². The molecule has 0 bridgehead atoms. The molecule has 84 valence electrons. The smallest absolute Gasteiger partial charge is 0.101 e. The van der Waals surface area contributed by atoms with Gasteiger partial charge in [-0.2, -0.15) is 5.26 Å². The molecule has 4 heteroatoms. The second-order valence-corrected chi connectivity index (χ2v) is 4.41. The fraction of sp³-hybridized carbons (Fsp3) is 0.417. The summed E-state index contributed by atoms with van der Waals surface area (Å²) in [4.78, 5) is 0. The zero-order valence-electron chi connectivity index (χ0n) is 8.96. The maximum Gasteiger partial charge on any atom is 0.101 e. The second kappa shape index (κ2) is 5.20. The normalized spacial score (nSPS) is 16.8. The lowest BCUT2D eigenvalue weighted by atomic mass is 10.1. The topological polar surface area (TPSA) is 47.9 Å². The van der Waals surface area contributed by atoms with Crippen LogP contribution in [0.25, 0.3) is 0 Å². The number of piperidine rings is 1. The fourth-order valence-corrected chi connectivity index (χ4v) is 2.09. The van der Waals surface area contributed by atoms with Crippen LogP contribution in [0.1, 0.15) is 18.4 Å². The van der Waals surface area contributed by atoms with Crippen LogP contribution in [0.3, 0.4) is 0 Å². The summed E-state index contributed by atoms with van der Waals surface area (Å²) in [5.74, 6) is 0. The summed E-state index contributed by atoms with van der Waals surface area (Å²) in [6.45, 7) is 2.06. The molecule has 1 aromatic rings. The van der Waals surface area contributed by atoms with E-state index >= 15 is 0 Å². The van der Waals surface area contributed by atoms with Gasteiger partial charge >= 0.3 is 0 Å². The number of nitrogens with one attached hydrogen (secondary N) is 2. The number of hydrogen-bond acceptors (Lipinski definition) is 3. The van der Waals surface area contributed by atoms with Crippen LogP contribution in [-0.4, -0.2) is 19.1 Å². The van der Waals surface area contributed by atoms with E-state index in [4.69, 9.17) is 16.9 Å². The fourth-order valence-electron chi connectivity index (χ4n) is 1.92. The molecule has 0 aliphatic carbocycles. The van der Waals surface area contributed by atoms with Crippen LogP contribution < -0.4 is 10.6 Å². The quantitative estimate of drug-likeness (QED) is 0.828. The Morgan fingerprint density at radius 2 is 2.12 bits per heavy atom. The third-order valence-corrected chi connectivity index (χ3v) is 3.04. The van der Waals surface area contributed by atoms with E-state index in [2.05, 4.69) is 16.7 Å². The molecule has 16 heavy (non-hydrogen) atoms. The Kier molecular flexibility index (Phi) is 3.66. The molecule has 2 N–H and O–H groups in total. The van der Waals surface area contributed by atoms with Crippen molar-refractivity contribution in [2.24, 2.45) is 0 Å². The van der Waals surface area contributed by atoms with Crippen LogP contribution in [0.4, 0.5) is 5.69 Å². The number of halogens is 1. The minimum absolute atomic E-state index is 0.437. The van der Waals surface area contributed by atoms with Crippen molar-refractivity contribution in [3.8, 4) is 6.07 Å². The summed E-state index contributed by atoms with van der Waals surface area (Å²) in [5, 5.41) is 16.4. The Bertz CT molecular complexity index is 405. The molecule has 1 heterocycles. The Hall–Kier alpha value is -1.24. The summed E-state index contributed by atoms with van der Waals surface area (Å²) < 4.78 is 0. The van der Waals surface area contributed by atoms with Gasteiger partial charge in [-0.3, -0.25) is 0 Å². The average Bonchev–Trinajstić information content (AvgIpc) is 2.31. The highest BCUT2D eigenvalue weighted by Crippen LogP contribution is 2.22. The number of nitriles is 1. The number of rotatable bonds is 2. The third kappa shape index (κ3) is 2.66. The van der Waals surface area contributed by atoms with Gasteiger partial charge in [-0.25, -0.2) is 0 Å². The second-order valence-electron chi connectivity index (χ2n) is 3.97. The first-order valence-corrected chi connectivity index (χ1v) is 5.84. The monoisotopic (exact) mass is 235 g/mol. The van der Waals surface area contributed by atoms with Crippen molar-refractivity contribution in [2.75, 3.05) is 18.4 Å². The number of anilines is 1. The molecule has 1 saturated heterocycles. The molecule has 0 saturated carbocycles. The summed E-state index contributed by atoms with van der Waals surface area (Å²) >= 11 is 5.93. The van der Waals surface area contributed by atoms with Gasteiger partial charge in [0.05, 0.1) is 11.3 Å². The number of nitrogens with zero attached hydrogens (tertiary/aromatic N) is 1. The van der Waals surface area contributed by atoms with Crippen LogP contribution in [0.15, 0.2) is 18.2 Å². The highest BCUT2D eigenvalue weighted by atomic mass is 35.5. The maximum atomic E-state index is 8.99. The van der Waals surface area contributed by atoms with Crippen molar-refractivity contribution in [3.05, 3.63) is 28.8 Å². The van der Waals surface area contributed by atoms with Crippen LogP contribution in [0.2, 0.25) is 5.02 Å². The standard InChI is InChI=1S/C12H14ClN3/c13-10-2-1-9(8-14)12(7-10)16-11-3-5-15-6-4-11/h1-2,7,11,15-16H,3-6H2. The first-order valence-electron chi connectivity index (χ1n) is 5.46. The van der Waals surface area contributed by atoms with Crippen molar-refractivity contribution in [3.63, 3.8) is 0 Å². The highest BCUT2D eigenvalue weighted by Gasteiger charge is 2.14. The van der Waals surface area contributed by atoms with E-state index in [1.54, 1.807) is 12.1 Å². The molecule has 2 rings (SSSR count). The van der Waals surface area contributed by atoms with Gasteiger partial charge in [0, 0.05) is 11.1 Å². The third-order valence-electron chi connectivity index (χ3n) is 2.80. The predicted molar refractivity (Wildman–Crippen MR) is 65.7 cm³/mol. The van der Waals surface area contributed by atoms with Gasteiger partial charge in [-0.15, -0.1) is 0 Å². The first kappa shape index (κ1) is 11.3. The summed E-state index contributed by atoms with van der Waals surface area (Å²) in [6.07, 6.45) is 2.16. The molecule has 0 spiro atoms. The molecule has 1 aliphatic rings. The Balaban J connectivity index is 2.13. The molecular formula is C12H14ClN3. The summed E-state index contributed by atoms with van der Waals surface area (Å²) in [6, 6.07) is 7.93. The van der Waals surface area contributed by atoms with Gasteiger partial charge in [-0.1, -0.05) is 11.6 Å². The van der Waals surface area contributed by atoms with E-state index in [-0.39, 0.29) is 0 Å². The van der Waals surface area contributed by atoms with E-state index < -0.39 is 0 Å². The zero-order valence-corrected chi connectivity index (χ0v) is 9.72. The minimum atomic E-state index is 0.437. The molecule has 0 aromatic heterocycles. The number of benzene rings is 1. The molecule has 0 unspecified atom stereocenters. The molecule has 3 nitrogen and oxygen atoms in total. The maximum absolute atomic E-state index is 8.99. The van der Waals surface area contributed by atoms with Crippen molar-refractivity contribution >= 4 is 17.3 Å². The van der Waals surface area contributed by atoms with E-state index in [1.807, 2.05) is 6.07 Å². The summed E-state index contributed by atoms with van der Waals surface area (Å²) in [7, 11) is 0. The van der Waals surface area contributed by atoms with Crippen LogP contribution >= 0.6 is 11.6 Å². The largest absolute Gasteiger partial charge is 0.381 e. The van der Waals surface area contributed by atoms with Gasteiger partial charge in [0.2, 0.25) is 0 Å². The Morgan fingerprint density at radius 1 is 1.38 bits per heavy atom. The van der Waals surface area contributed by atoms with Gasteiger partial charge in [0.25, 0.3) is 0 Å². The van der Waals surface area contributed by atoms with Gasteiger partial charge < -0.3 is 10.6 Å². The van der Waals surface area contributed by atoms with E-state index in [9.17, 15) is 0 Å². The minimum Gasteiger partial charge on any atom is -0.381 e. The van der Waals surface area contributed by atoms with Gasteiger partial charge in [0.1, 0.15) is 6.07 Å². The lowest BCUT2D eigenvalue weighted by Gasteiger charge is -2.25. The SMILES string of the molecule is N#Cc1ccc(Cl)cc1NC1CCNCC1. The molecule has 1 aromatic carbocycles. The average molecular weight is 236 g/mol. The lowest BCUT2D eigenvalue weighted by molar-refractivity contribution is 0.479. The van der Waals surface area contributed by atoms with E-state index in [1.165, 1.54) is 0 Å². The first-order chi connectivity index (χ1) is 7.79. The lowest BCUT2D eigenvalue weighted by Crippen LogP contribution is -2.35. The van der Waals surface area contributed by atoms with Crippen molar-refractivity contribution < 1.29 is 0 Å². The zero-order chi connectivity index (χ0) is 11.4. The van der Waals surface area contributed by atoms with E-state index in [0.29, 0.717) is 16.6 Å².